The minimum Gasteiger partial charge on any atom is -0.299 e. The van der Waals surface area contributed by atoms with Crippen molar-refractivity contribution < 1.29 is 0 Å². The van der Waals surface area contributed by atoms with Crippen LogP contribution in [0.1, 0.15) is 98.3 Å². The molecule has 0 amide bonds. The van der Waals surface area contributed by atoms with Crippen molar-refractivity contribution in [2.45, 2.75) is 135 Å². The maximum atomic E-state index is 2.99. The highest BCUT2D eigenvalue weighted by Gasteiger charge is 2.65. The summed E-state index contributed by atoms with van der Waals surface area (Å²) in [5.74, 6) is 6.15. The summed E-state index contributed by atoms with van der Waals surface area (Å²) in [7, 11) is 1.35. The average Bonchev–Trinajstić information content (AvgIpc) is 3.39. The van der Waals surface area contributed by atoms with Crippen LogP contribution in [0.5, 0.6) is 0 Å². The summed E-state index contributed by atoms with van der Waals surface area (Å²) < 4.78 is 0. The highest BCUT2D eigenvalue weighted by atomic mass is 28.3. The standard InChI is InChI=1S/C25H45NSi.C3H8/c1-16-14-17(2)23-21(15-16)22-24(26(23)3)19-12-8-9-13-20(19)25(22)27(4,5)18-10-6-7-11-18;1-3-2/h16-25H,6-15H2,1-5H3;3H2,1-2H3. The topological polar surface area (TPSA) is 3.24 Å². The molecule has 174 valence electrons. The SMILES string of the molecule is CC1CC(C)C2C(C1)C1C(C3CCCCC3C1[Si](C)(C)C1CCCC1)N2C.CCC. The molecule has 9 unspecified atom stereocenters. The minimum atomic E-state index is -1.21. The van der Waals surface area contributed by atoms with Crippen molar-refractivity contribution in [3.05, 3.63) is 0 Å². The second kappa shape index (κ2) is 9.20. The Hall–Kier alpha value is 0.177. The van der Waals surface area contributed by atoms with Gasteiger partial charge in [-0.2, -0.15) is 0 Å². The van der Waals surface area contributed by atoms with E-state index in [2.05, 4.69) is 52.7 Å². The lowest BCUT2D eigenvalue weighted by Gasteiger charge is -2.48. The number of rotatable bonds is 2. The quantitative estimate of drug-likeness (QED) is 0.398. The molecule has 1 saturated heterocycles. The van der Waals surface area contributed by atoms with Crippen molar-refractivity contribution in [1.82, 2.24) is 4.90 Å². The number of likely N-dealkylation sites (tertiary alicyclic amines) is 1. The van der Waals surface area contributed by atoms with Crippen LogP contribution in [0.15, 0.2) is 0 Å². The molecule has 5 fully saturated rings. The Morgan fingerprint density at radius 2 is 1.33 bits per heavy atom. The van der Waals surface area contributed by atoms with Gasteiger partial charge in [-0.15, -0.1) is 0 Å². The van der Waals surface area contributed by atoms with Crippen molar-refractivity contribution in [2.75, 3.05) is 7.05 Å². The van der Waals surface area contributed by atoms with Gasteiger partial charge in [0.2, 0.25) is 0 Å². The third-order valence-corrected chi connectivity index (χ3v) is 16.0. The summed E-state index contributed by atoms with van der Waals surface area (Å²) in [6.07, 6.45) is 16.7. The lowest BCUT2D eigenvalue weighted by atomic mass is 9.69. The Morgan fingerprint density at radius 1 is 0.767 bits per heavy atom. The van der Waals surface area contributed by atoms with Gasteiger partial charge in [-0.1, -0.05) is 92.2 Å². The number of hydrogen-bond acceptors (Lipinski definition) is 1. The van der Waals surface area contributed by atoms with Gasteiger partial charge in [-0.25, -0.2) is 0 Å². The molecular formula is C28H53NSi. The van der Waals surface area contributed by atoms with Crippen molar-refractivity contribution >= 4 is 8.07 Å². The molecule has 5 rings (SSSR count). The van der Waals surface area contributed by atoms with Crippen molar-refractivity contribution in [2.24, 2.45) is 35.5 Å². The molecule has 9 atom stereocenters. The monoisotopic (exact) mass is 431 g/mol. The van der Waals surface area contributed by atoms with E-state index in [0.29, 0.717) is 0 Å². The van der Waals surface area contributed by atoms with E-state index < -0.39 is 8.07 Å². The van der Waals surface area contributed by atoms with Crippen LogP contribution in [0.25, 0.3) is 0 Å². The summed E-state index contributed by atoms with van der Waals surface area (Å²) >= 11 is 0. The Morgan fingerprint density at radius 3 is 1.97 bits per heavy atom. The molecule has 1 nitrogen and oxygen atoms in total. The van der Waals surface area contributed by atoms with Gasteiger partial charge in [0.05, 0.1) is 8.07 Å². The fraction of sp³-hybridized carbons (Fsp3) is 1.00. The molecule has 0 aromatic rings. The van der Waals surface area contributed by atoms with Crippen LogP contribution >= 0.6 is 0 Å². The Balaban J connectivity index is 0.000000687. The Labute approximate surface area is 190 Å². The third kappa shape index (κ3) is 3.78. The molecule has 0 N–H and O–H groups in total. The number of hydrogen-bond donors (Lipinski definition) is 0. The zero-order valence-electron chi connectivity index (χ0n) is 21.5. The average molecular weight is 432 g/mol. The lowest BCUT2D eigenvalue weighted by molar-refractivity contribution is 0.0727. The van der Waals surface area contributed by atoms with E-state index in [0.717, 1.165) is 58.7 Å². The van der Waals surface area contributed by atoms with E-state index in [-0.39, 0.29) is 0 Å². The van der Waals surface area contributed by atoms with E-state index in [1.807, 2.05) is 0 Å². The van der Waals surface area contributed by atoms with Crippen LogP contribution in [0.4, 0.5) is 0 Å². The van der Waals surface area contributed by atoms with Crippen LogP contribution in [0, 0.1) is 35.5 Å². The molecule has 2 heteroatoms. The predicted octanol–water partition coefficient (Wildman–Crippen LogP) is 8.23. The molecule has 0 spiro atoms. The van der Waals surface area contributed by atoms with Gasteiger partial charge in [0.1, 0.15) is 0 Å². The summed E-state index contributed by atoms with van der Waals surface area (Å²) in [4.78, 5) is 2.99. The highest BCUT2D eigenvalue weighted by Crippen LogP contribution is 2.67. The van der Waals surface area contributed by atoms with Gasteiger partial charge in [0, 0.05) is 12.1 Å². The van der Waals surface area contributed by atoms with Gasteiger partial charge in [0.25, 0.3) is 0 Å². The molecule has 4 aliphatic carbocycles. The van der Waals surface area contributed by atoms with Crippen LogP contribution < -0.4 is 0 Å². The maximum Gasteiger partial charge on any atom is 0.0542 e. The minimum absolute atomic E-state index is 0.912. The second-order valence-electron chi connectivity index (χ2n) is 13.1. The lowest BCUT2D eigenvalue weighted by Crippen LogP contribution is -2.47. The first-order valence-electron chi connectivity index (χ1n) is 14.0. The van der Waals surface area contributed by atoms with Crippen molar-refractivity contribution in [1.29, 1.82) is 0 Å². The zero-order chi connectivity index (χ0) is 21.6. The summed E-state index contributed by atoms with van der Waals surface area (Å²) in [6.45, 7) is 15.1. The van der Waals surface area contributed by atoms with E-state index in [4.69, 9.17) is 0 Å². The third-order valence-electron chi connectivity index (χ3n) is 10.8. The van der Waals surface area contributed by atoms with Gasteiger partial charge >= 0.3 is 0 Å². The van der Waals surface area contributed by atoms with Gasteiger partial charge < -0.3 is 0 Å². The molecule has 0 radical (unpaired) electrons. The maximum absolute atomic E-state index is 2.99. The molecule has 1 heterocycles. The molecule has 0 aromatic carbocycles. The second-order valence-corrected chi connectivity index (χ2v) is 18.2. The molecule has 30 heavy (non-hydrogen) atoms. The summed E-state index contributed by atoms with van der Waals surface area (Å²) in [5, 5.41) is 0. The van der Waals surface area contributed by atoms with Crippen LogP contribution in [0.3, 0.4) is 0 Å². The predicted molar refractivity (Wildman–Crippen MR) is 135 cm³/mol. The van der Waals surface area contributed by atoms with Crippen LogP contribution in [-0.4, -0.2) is 32.1 Å². The fourth-order valence-electron chi connectivity index (χ4n) is 10.1. The smallest absolute Gasteiger partial charge is 0.0542 e. The summed E-state index contributed by atoms with van der Waals surface area (Å²) in [6, 6.07) is 1.87. The molecule has 0 aromatic heterocycles. The van der Waals surface area contributed by atoms with E-state index >= 15 is 0 Å². The van der Waals surface area contributed by atoms with Crippen molar-refractivity contribution in [3.8, 4) is 0 Å². The molecule has 1 aliphatic heterocycles. The van der Waals surface area contributed by atoms with E-state index in [1.165, 1.54) is 38.5 Å². The first-order valence-corrected chi connectivity index (χ1v) is 17.2. The molecule has 0 bridgehead atoms. The number of fused-ring (bicyclic) bond motifs is 5. The fourth-order valence-corrected chi connectivity index (χ4v) is 15.5. The first-order chi connectivity index (χ1) is 14.3. The van der Waals surface area contributed by atoms with Gasteiger partial charge in [0.15, 0.2) is 0 Å². The Kier molecular flexibility index (Phi) is 7.16. The zero-order valence-corrected chi connectivity index (χ0v) is 22.5. The normalized spacial score (nSPS) is 46.7. The van der Waals surface area contributed by atoms with Crippen LogP contribution in [-0.2, 0) is 0 Å². The van der Waals surface area contributed by atoms with Crippen LogP contribution in [0.2, 0.25) is 24.2 Å². The highest BCUT2D eigenvalue weighted by molar-refractivity contribution is 6.80. The molecule has 5 aliphatic rings. The van der Waals surface area contributed by atoms with Gasteiger partial charge in [-0.05, 0) is 72.9 Å². The Bertz CT molecular complexity index is 567. The largest absolute Gasteiger partial charge is 0.299 e. The van der Waals surface area contributed by atoms with Gasteiger partial charge in [-0.3, -0.25) is 4.90 Å². The molecular weight excluding hydrogens is 378 g/mol. The first kappa shape index (κ1) is 23.3. The number of nitrogens with zero attached hydrogens (tertiary/aromatic N) is 1. The van der Waals surface area contributed by atoms with Crippen molar-refractivity contribution in [3.63, 3.8) is 0 Å². The molecule has 4 saturated carbocycles. The van der Waals surface area contributed by atoms with E-state index in [9.17, 15) is 0 Å². The summed E-state index contributed by atoms with van der Waals surface area (Å²) in [5.41, 5.74) is 2.29. The van der Waals surface area contributed by atoms with E-state index in [1.54, 1.807) is 32.1 Å².